The van der Waals surface area contributed by atoms with Gasteiger partial charge in [0.15, 0.2) is 0 Å². The third kappa shape index (κ3) is 3.77. The van der Waals surface area contributed by atoms with Crippen molar-refractivity contribution in [2.75, 3.05) is 7.05 Å². The molecule has 2 aromatic heterocycles. The van der Waals surface area contributed by atoms with Crippen LogP contribution in [0.4, 0.5) is 0 Å². The fourth-order valence-corrected chi connectivity index (χ4v) is 2.86. The zero-order valence-corrected chi connectivity index (χ0v) is 15.6. The van der Waals surface area contributed by atoms with Crippen molar-refractivity contribution >= 4 is 12.0 Å². The van der Waals surface area contributed by atoms with Crippen molar-refractivity contribution in [2.45, 2.75) is 27.3 Å². The maximum Gasteiger partial charge on any atom is 0.246 e. The average molecular weight is 349 g/mol. The van der Waals surface area contributed by atoms with Crippen molar-refractivity contribution in [3.05, 3.63) is 77.0 Å². The quantitative estimate of drug-likeness (QED) is 0.653. The molecule has 3 aromatic rings. The number of nitrogens with zero attached hydrogens (tertiary/aromatic N) is 3. The minimum absolute atomic E-state index is 0.0784. The number of aromatic nitrogens is 2. The summed E-state index contributed by atoms with van der Waals surface area (Å²) in [5.74, 6) is 1.42. The highest BCUT2D eigenvalue weighted by molar-refractivity contribution is 5.91. The summed E-state index contributed by atoms with van der Waals surface area (Å²) in [5, 5.41) is 4.63. The van der Waals surface area contributed by atoms with Gasteiger partial charge in [-0.2, -0.15) is 5.10 Å². The predicted octanol–water partition coefficient (Wildman–Crippen LogP) is 4.06. The van der Waals surface area contributed by atoms with Crippen LogP contribution in [-0.2, 0) is 11.3 Å². The van der Waals surface area contributed by atoms with Gasteiger partial charge in [-0.3, -0.25) is 4.79 Å². The van der Waals surface area contributed by atoms with Crippen LogP contribution in [0.1, 0.15) is 28.5 Å². The zero-order chi connectivity index (χ0) is 18.7. The van der Waals surface area contributed by atoms with Crippen LogP contribution in [0.2, 0.25) is 0 Å². The lowest BCUT2D eigenvalue weighted by Crippen LogP contribution is -2.24. The second-order valence-corrected chi connectivity index (χ2v) is 6.37. The summed E-state index contributed by atoms with van der Waals surface area (Å²) in [4.78, 5) is 14.1. The normalized spacial score (nSPS) is 11.2. The lowest BCUT2D eigenvalue weighted by Gasteiger charge is -2.15. The number of hydrogen-bond acceptors (Lipinski definition) is 3. The summed E-state index contributed by atoms with van der Waals surface area (Å²) in [5.41, 5.74) is 4.05. The molecule has 2 heterocycles. The Hall–Kier alpha value is -3.08. The molecular weight excluding hydrogens is 326 g/mol. The monoisotopic (exact) mass is 349 g/mol. The first-order chi connectivity index (χ1) is 12.5. The highest BCUT2D eigenvalue weighted by Gasteiger charge is 2.16. The summed E-state index contributed by atoms with van der Waals surface area (Å²) >= 11 is 0. The Morgan fingerprint density at radius 3 is 2.54 bits per heavy atom. The molecule has 0 aliphatic rings. The first-order valence-corrected chi connectivity index (χ1v) is 8.56. The van der Waals surface area contributed by atoms with Crippen LogP contribution in [0.25, 0.3) is 11.8 Å². The van der Waals surface area contributed by atoms with Crippen molar-refractivity contribution in [1.29, 1.82) is 0 Å². The molecule has 26 heavy (non-hydrogen) atoms. The van der Waals surface area contributed by atoms with Crippen LogP contribution in [0.3, 0.4) is 0 Å². The fraction of sp³-hybridized carbons (Fsp3) is 0.238. The number of benzene rings is 1. The number of furan rings is 1. The molecule has 0 radical (unpaired) electrons. The Bertz CT molecular complexity index is 936. The molecule has 0 bridgehead atoms. The van der Waals surface area contributed by atoms with Gasteiger partial charge in [0.1, 0.15) is 11.5 Å². The van der Waals surface area contributed by atoms with Gasteiger partial charge in [-0.25, -0.2) is 4.68 Å². The van der Waals surface area contributed by atoms with Gasteiger partial charge in [-0.1, -0.05) is 18.2 Å². The Kier molecular flexibility index (Phi) is 5.07. The summed E-state index contributed by atoms with van der Waals surface area (Å²) in [6, 6.07) is 13.7. The van der Waals surface area contributed by atoms with Crippen LogP contribution < -0.4 is 0 Å². The van der Waals surface area contributed by atoms with Gasteiger partial charge in [-0.15, -0.1) is 0 Å². The summed E-state index contributed by atoms with van der Waals surface area (Å²) < 4.78 is 7.37. The van der Waals surface area contributed by atoms with E-state index in [1.54, 1.807) is 18.0 Å². The number of carbonyl (C=O) groups is 1. The lowest BCUT2D eigenvalue weighted by molar-refractivity contribution is -0.125. The van der Waals surface area contributed by atoms with Gasteiger partial charge in [0.2, 0.25) is 5.91 Å². The number of rotatable bonds is 5. The molecule has 0 fully saturated rings. The van der Waals surface area contributed by atoms with Crippen molar-refractivity contribution in [2.24, 2.45) is 0 Å². The maximum absolute atomic E-state index is 12.4. The molecule has 3 rings (SSSR count). The largest absolute Gasteiger partial charge is 0.462 e. The zero-order valence-electron chi connectivity index (χ0n) is 15.6. The average Bonchev–Trinajstić information content (AvgIpc) is 3.18. The van der Waals surface area contributed by atoms with E-state index < -0.39 is 0 Å². The molecule has 5 nitrogen and oxygen atoms in total. The fourth-order valence-electron chi connectivity index (χ4n) is 2.86. The molecule has 1 amide bonds. The van der Waals surface area contributed by atoms with Crippen LogP contribution >= 0.6 is 0 Å². The summed E-state index contributed by atoms with van der Waals surface area (Å²) in [6.07, 6.45) is 3.23. The predicted molar refractivity (Wildman–Crippen MR) is 102 cm³/mol. The van der Waals surface area contributed by atoms with Crippen molar-refractivity contribution in [3.8, 4) is 5.69 Å². The number of hydrogen-bond donors (Lipinski definition) is 0. The second kappa shape index (κ2) is 7.44. The minimum atomic E-state index is -0.0784. The number of likely N-dealkylation sites (N-methyl/N-ethyl adjacent to an activating group) is 1. The molecule has 0 saturated carbocycles. The molecule has 5 heteroatoms. The topological polar surface area (TPSA) is 51.3 Å². The molecule has 0 spiro atoms. The van der Waals surface area contributed by atoms with E-state index in [0.717, 1.165) is 28.4 Å². The molecule has 0 saturated heterocycles. The van der Waals surface area contributed by atoms with E-state index in [9.17, 15) is 4.79 Å². The van der Waals surface area contributed by atoms with Gasteiger partial charge >= 0.3 is 0 Å². The van der Waals surface area contributed by atoms with E-state index in [1.165, 1.54) is 6.08 Å². The van der Waals surface area contributed by atoms with E-state index in [0.29, 0.717) is 12.3 Å². The smallest absolute Gasteiger partial charge is 0.246 e. The Morgan fingerprint density at radius 1 is 1.15 bits per heavy atom. The number of amides is 1. The van der Waals surface area contributed by atoms with E-state index in [-0.39, 0.29) is 5.91 Å². The number of para-hydroxylation sites is 1. The molecule has 0 N–H and O–H groups in total. The Morgan fingerprint density at radius 2 is 1.88 bits per heavy atom. The first kappa shape index (κ1) is 17.7. The minimum Gasteiger partial charge on any atom is -0.462 e. The van der Waals surface area contributed by atoms with Crippen LogP contribution in [0.15, 0.2) is 53.0 Å². The van der Waals surface area contributed by atoms with Gasteiger partial charge in [0.05, 0.1) is 11.4 Å². The number of aryl methyl sites for hydroxylation is 2. The SMILES string of the molecule is Cc1ccc(C=CC(=O)N(C)Cc2c(C)nn(-c3ccccc3)c2C)o1. The molecule has 134 valence electrons. The second-order valence-electron chi connectivity index (χ2n) is 6.37. The first-order valence-electron chi connectivity index (χ1n) is 8.56. The van der Waals surface area contributed by atoms with Gasteiger partial charge < -0.3 is 9.32 Å². The summed E-state index contributed by atoms with van der Waals surface area (Å²) in [6.45, 7) is 6.38. The third-order valence-electron chi connectivity index (χ3n) is 4.36. The van der Waals surface area contributed by atoms with Crippen molar-refractivity contribution in [1.82, 2.24) is 14.7 Å². The molecule has 0 aliphatic carbocycles. The molecule has 0 unspecified atom stereocenters. The maximum atomic E-state index is 12.4. The molecular formula is C21H23N3O2. The van der Waals surface area contributed by atoms with E-state index in [2.05, 4.69) is 5.10 Å². The van der Waals surface area contributed by atoms with Gasteiger partial charge in [0, 0.05) is 30.9 Å². The molecule has 0 aliphatic heterocycles. The highest BCUT2D eigenvalue weighted by atomic mass is 16.3. The van der Waals surface area contributed by atoms with Gasteiger partial charge in [0.25, 0.3) is 0 Å². The van der Waals surface area contributed by atoms with E-state index in [4.69, 9.17) is 4.42 Å². The van der Waals surface area contributed by atoms with Crippen molar-refractivity contribution in [3.63, 3.8) is 0 Å². The van der Waals surface area contributed by atoms with Crippen LogP contribution in [0, 0.1) is 20.8 Å². The Labute approximate surface area is 153 Å². The Balaban J connectivity index is 1.75. The molecule has 1 aromatic carbocycles. The standard InChI is InChI=1S/C21H23N3O2/c1-15-10-11-19(26-15)12-13-21(25)23(4)14-20-16(2)22-24(17(20)3)18-8-6-5-7-9-18/h5-13H,14H2,1-4H3. The third-order valence-corrected chi connectivity index (χ3v) is 4.36. The molecule has 0 atom stereocenters. The van der Waals surface area contributed by atoms with Crippen LogP contribution in [-0.4, -0.2) is 27.6 Å². The number of carbonyl (C=O) groups excluding carboxylic acids is 1. The highest BCUT2D eigenvalue weighted by Crippen LogP contribution is 2.19. The summed E-state index contributed by atoms with van der Waals surface area (Å²) in [7, 11) is 1.79. The lowest BCUT2D eigenvalue weighted by atomic mass is 10.2. The van der Waals surface area contributed by atoms with E-state index in [1.807, 2.05) is 67.9 Å². The van der Waals surface area contributed by atoms with Crippen molar-refractivity contribution < 1.29 is 9.21 Å². The van der Waals surface area contributed by atoms with Crippen LogP contribution in [0.5, 0.6) is 0 Å². The van der Waals surface area contributed by atoms with Gasteiger partial charge in [-0.05, 0) is 51.1 Å². The van der Waals surface area contributed by atoms with E-state index >= 15 is 0 Å².